The van der Waals surface area contributed by atoms with Crippen molar-refractivity contribution in [3.05, 3.63) is 96.6 Å². The van der Waals surface area contributed by atoms with Gasteiger partial charge in [-0.1, -0.05) is 73.3 Å². The van der Waals surface area contributed by atoms with Crippen molar-refractivity contribution in [1.29, 1.82) is 0 Å². The predicted molar refractivity (Wildman–Crippen MR) is 147 cm³/mol. The summed E-state index contributed by atoms with van der Waals surface area (Å²) in [6.45, 7) is 2.51. The van der Waals surface area contributed by atoms with E-state index in [9.17, 15) is 24.3 Å². The van der Waals surface area contributed by atoms with Gasteiger partial charge in [-0.25, -0.2) is 9.59 Å². The van der Waals surface area contributed by atoms with Crippen LogP contribution in [-0.2, 0) is 19.1 Å². The second-order valence-corrected chi connectivity index (χ2v) is 9.31. The lowest BCUT2D eigenvalue weighted by Crippen LogP contribution is -2.53. The fourth-order valence-corrected chi connectivity index (χ4v) is 5.16. The minimum Gasteiger partial charge on any atom is -0.480 e. The molecule has 2 aliphatic rings. The van der Waals surface area contributed by atoms with Crippen LogP contribution in [-0.4, -0.2) is 61.5 Å². The molecule has 2 N–H and O–H groups in total. The van der Waals surface area contributed by atoms with E-state index in [1.165, 1.54) is 17.0 Å². The van der Waals surface area contributed by atoms with E-state index in [2.05, 4.69) is 11.9 Å². The summed E-state index contributed by atoms with van der Waals surface area (Å²) in [5, 5.41) is 12.0. The smallest absolute Gasteiger partial charge is 0.414 e. The number of nitrogens with zero attached hydrogens (tertiary/aromatic N) is 2. The first-order valence-corrected chi connectivity index (χ1v) is 12.7. The number of fused-ring (bicyclic) bond motifs is 4. The highest BCUT2D eigenvalue weighted by atomic mass is 16.6. The second-order valence-electron chi connectivity index (χ2n) is 9.31. The maximum absolute atomic E-state index is 13.5. The number of carboxylic acid groups (broad SMARTS) is 1. The number of hydrogen-bond acceptors (Lipinski definition) is 6. The fraction of sp³-hybridized carbons (Fsp3) is 0.200. The Bertz CT molecular complexity index is 1440. The van der Waals surface area contributed by atoms with Crippen LogP contribution in [0.4, 0.5) is 21.0 Å². The first-order valence-electron chi connectivity index (χ1n) is 12.7. The molecule has 1 atom stereocenters. The number of rotatable bonds is 7. The molecule has 0 radical (unpaired) electrons. The highest BCUT2D eigenvalue weighted by molar-refractivity contribution is 6.08. The standard InChI is InChI=1S/C30H27N3O7/c1-2-15-39-30(38)33-16-24(28(36)32(17-27(34)35)25-13-7-8-14-26(25)33)31-29(37)40-18-23-21-11-5-3-9-19(21)20-10-4-6-12-22(20)23/h2-14,23-24H,1,15-18H2,(H,31,37)(H,34,35)/t24-/m0/s1. The van der Waals surface area contributed by atoms with E-state index in [4.69, 9.17) is 9.47 Å². The van der Waals surface area contributed by atoms with Crippen LogP contribution in [0, 0.1) is 0 Å². The molecular formula is C30H27N3O7. The van der Waals surface area contributed by atoms with Gasteiger partial charge in [0.25, 0.3) is 5.91 Å². The zero-order chi connectivity index (χ0) is 28.2. The Morgan fingerprint density at radius 1 is 0.925 bits per heavy atom. The molecule has 0 saturated heterocycles. The van der Waals surface area contributed by atoms with Gasteiger partial charge in [-0.3, -0.25) is 19.4 Å². The van der Waals surface area contributed by atoms with Gasteiger partial charge in [0, 0.05) is 5.92 Å². The molecule has 10 heteroatoms. The van der Waals surface area contributed by atoms with Crippen LogP contribution in [0.1, 0.15) is 17.0 Å². The quantitative estimate of drug-likeness (QED) is 0.431. The Kier molecular flexibility index (Phi) is 7.50. The second kappa shape index (κ2) is 11.3. The van der Waals surface area contributed by atoms with Gasteiger partial charge < -0.3 is 19.9 Å². The molecule has 40 heavy (non-hydrogen) atoms. The number of para-hydroxylation sites is 2. The van der Waals surface area contributed by atoms with Crippen LogP contribution in [0.25, 0.3) is 11.1 Å². The van der Waals surface area contributed by atoms with Crippen LogP contribution in [0.5, 0.6) is 0 Å². The van der Waals surface area contributed by atoms with E-state index in [-0.39, 0.29) is 37.1 Å². The summed E-state index contributed by atoms with van der Waals surface area (Å²) in [5.74, 6) is -2.16. The minimum atomic E-state index is -1.31. The number of benzene rings is 3. The van der Waals surface area contributed by atoms with E-state index in [1.807, 2.05) is 48.5 Å². The normalized spacial score (nSPS) is 15.8. The van der Waals surface area contributed by atoms with Crippen LogP contribution in [0.3, 0.4) is 0 Å². The van der Waals surface area contributed by atoms with Crippen molar-refractivity contribution in [2.24, 2.45) is 0 Å². The SMILES string of the molecule is C=CCOC(=O)N1C[C@H](NC(=O)OCC2c3ccccc3-c3ccccc32)C(=O)N(CC(=O)O)c2ccccc21. The molecule has 0 unspecified atom stereocenters. The summed E-state index contributed by atoms with van der Waals surface area (Å²) in [5.41, 5.74) is 4.66. The molecule has 0 spiro atoms. The van der Waals surface area contributed by atoms with Gasteiger partial charge in [0.05, 0.1) is 17.9 Å². The average molecular weight is 542 g/mol. The average Bonchev–Trinajstić information content (AvgIpc) is 3.23. The Labute approximate surface area is 230 Å². The molecule has 0 fully saturated rings. The number of hydrogen-bond donors (Lipinski definition) is 2. The fourth-order valence-electron chi connectivity index (χ4n) is 5.16. The highest BCUT2D eigenvalue weighted by Gasteiger charge is 2.38. The van der Waals surface area contributed by atoms with Crippen LogP contribution >= 0.6 is 0 Å². The molecule has 1 aliphatic heterocycles. The molecule has 0 bridgehead atoms. The van der Waals surface area contributed by atoms with Crippen molar-refractivity contribution in [3.63, 3.8) is 0 Å². The Morgan fingerprint density at radius 2 is 1.52 bits per heavy atom. The number of amides is 3. The summed E-state index contributed by atoms with van der Waals surface area (Å²) in [6.07, 6.45) is -0.256. The minimum absolute atomic E-state index is 0.0188. The zero-order valence-corrected chi connectivity index (χ0v) is 21.5. The maximum Gasteiger partial charge on any atom is 0.414 e. The van der Waals surface area contributed by atoms with E-state index >= 15 is 0 Å². The lowest BCUT2D eigenvalue weighted by Gasteiger charge is -2.24. The van der Waals surface area contributed by atoms with Crippen molar-refractivity contribution in [1.82, 2.24) is 5.32 Å². The largest absolute Gasteiger partial charge is 0.480 e. The Hall–Kier alpha value is -5.12. The number of carbonyl (C=O) groups excluding carboxylic acids is 3. The molecule has 3 amide bonds. The van der Waals surface area contributed by atoms with Gasteiger partial charge in [0.15, 0.2) is 0 Å². The molecule has 1 aliphatic carbocycles. The number of alkyl carbamates (subject to hydrolysis) is 1. The van der Waals surface area contributed by atoms with Gasteiger partial charge in [-0.05, 0) is 34.4 Å². The number of ether oxygens (including phenoxy) is 2. The number of anilines is 2. The van der Waals surface area contributed by atoms with E-state index in [0.29, 0.717) is 0 Å². The van der Waals surface area contributed by atoms with Crippen LogP contribution in [0.15, 0.2) is 85.5 Å². The number of carbonyl (C=O) groups is 4. The maximum atomic E-state index is 13.5. The molecule has 10 nitrogen and oxygen atoms in total. The summed E-state index contributed by atoms with van der Waals surface area (Å²) in [4.78, 5) is 53.4. The summed E-state index contributed by atoms with van der Waals surface area (Å²) < 4.78 is 10.8. The molecule has 5 rings (SSSR count). The molecule has 0 aromatic heterocycles. The third-order valence-electron chi connectivity index (χ3n) is 6.87. The van der Waals surface area contributed by atoms with Gasteiger partial charge >= 0.3 is 18.2 Å². The zero-order valence-electron chi connectivity index (χ0n) is 21.5. The first kappa shape index (κ1) is 26.5. The summed E-state index contributed by atoms with van der Waals surface area (Å²) in [7, 11) is 0. The van der Waals surface area contributed by atoms with Crippen LogP contribution in [0.2, 0.25) is 0 Å². The number of aliphatic carboxylic acids is 1. The lowest BCUT2D eigenvalue weighted by molar-refractivity contribution is -0.136. The summed E-state index contributed by atoms with van der Waals surface area (Å²) >= 11 is 0. The summed E-state index contributed by atoms with van der Waals surface area (Å²) in [6, 6.07) is 20.8. The number of nitrogens with one attached hydrogen (secondary N) is 1. The monoisotopic (exact) mass is 541 g/mol. The Balaban J connectivity index is 1.37. The van der Waals surface area contributed by atoms with E-state index in [0.717, 1.165) is 27.2 Å². The highest BCUT2D eigenvalue weighted by Crippen LogP contribution is 2.44. The topological polar surface area (TPSA) is 125 Å². The number of carboxylic acids is 1. The molecular weight excluding hydrogens is 514 g/mol. The molecule has 204 valence electrons. The van der Waals surface area contributed by atoms with Gasteiger partial charge in [0.1, 0.15) is 25.8 Å². The molecule has 3 aromatic rings. The van der Waals surface area contributed by atoms with Gasteiger partial charge in [-0.15, -0.1) is 0 Å². The van der Waals surface area contributed by atoms with E-state index in [1.54, 1.807) is 18.2 Å². The molecule has 1 heterocycles. The van der Waals surface area contributed by atoms with Crippen molar-refractivity contribution in [2.75, 3.05) is 36.1 Å². The van der Waals surface area contributed by atoms with Crippen LogP contribution < -0.4 is 15.1 Å². The van der Waals surface area contributed by atoms with Gasteiger partial charge in [-0.2, -0.15) is 0 Å². The van der Waals surface area contributed by atoms with E-state index < -0.39 is 36.6 Å². The van der Waals surface area contributed by atoms with Crippen molar-refractivity contribution >= 4 is 35.4 Å². The third kappa shape index (κ3) is 5.11. The van der Waals surface area contributed by atoms with Crippen molar-refractivity contribution in [2.45, 2.75) is 12.0 Å². The van der Waals surface area contributed by atoms with Gasteiger partial charge in [0.2, 0.25) is 0 Å². The molecule has 3 aromatic carbocycles. The lowest BCUT2D eigenvalue weighted by atomic mass is 9.98. The predicted octanol–water partition coefficient (Wildman–Crippen LogP) is 4.15. The van der Waals surface area contributed by atoms with Crippen molar-refractivity contribution < 1.29 is 33.8 Å². The third-order valence-corrected chi connectivity index (χ3v) is 6.87. The Morgan fingerprint density at radius 3 is 2.15 bits per heavy atom. The molecule has 0 saturated carbocycles. The first-order chi connectivity index (χ1) is 19.4. The van der Waals surface area contributed by atoms with Crippen molar-refractivity contribution in [3.8, 4) is 11.1 Å².